The summed E-state index contributed by atoms with van der Waals surface area (Å²) in [7, 11) is 1.61. The Hall–Kier alpha value is -2.47. The molecule has 0 aliphatic heterocycles. The summed E-state index contributed by atoms with van der Waals surface area (Å²) in [4.78, 5) is 37.2. The minimum Gasteiger partial charge on any atom is -0.463 e. The van der Waals surface area contributed by atoms with Crippen LogP contribution in [0.1, 0.15) is 23.3 Å². The van der Waals surface area contributed by atoms with E-state index in [0.717, 1.165) is 41.5 Å². The van der Waals surface area contributed by atoms with Crippen LogP contribution in [0.2, 0.25) is 0 Å². The SMILES string of the molecule is COCCn1c(SCC(=O)Nc2nc(-c3ccco3)cs2)nc2sc3c(c2c1=O)CCCC3. The predicted octanol–water partition coefficient (Wildman–Crippen LogP) is 4.43. The van der Waals surface area contributed by atoms with Gasteiger partial charge in [0.15, 0.2) is 16.0 Å². The fourth-order valence-electron chi connectivity index (χ4n) is 3.86. The molecule has 4 heterocycles. The Kier molecular flexibility index (Phi) is 6.63. The Balaban J connectivity index is 1.35. The van der Waals surface area contributed by atoms with Crippen LogP contribution < -0.4 is 10.9 Å². The lowest BCUT2D eigenvalue weighted by atomic mass is 9.97. The highest BCUT2D eigenvalue weighted by Gasteiger charge is 2.22. The number of nitrogens with one attached hydrogen (secondary N) is 1. The number of ether oxygens (including phenoxy) is 1. The van der Waals surface area contributed by atoms with Gasteiger partial charge in [0.05, 0.1) is 30.6 Å². The molecule has 0 aromatic carbocycles. The molecule has 0 bridgehead atoms. The largest absolute Gasteiger partial charge is 0.463 e. The van der Waals surface area contributed by atoms with Crippen LogP contribution >= 0.6 is 34.4 Å². The van der Waals surface area contributed by atoms with E-state index in [2.05, 4.69) is 10.3 Å². The number of aryl methyl sites for hydroxylation is 2. The molecule has 1 aliphatic carbocycles. The fourth-order valence-corrected chi connectivity index (χ4v) is 6.71. The van der Waals surface area contributed by atoms with E-state index >= 15 is 0 Å². The number of rotatable bonds is 8. The zero-order chi connectivity index (χ0) is 22.8. The topological polar surface area (TPSA) is 99.2 Å². The van der Waals surface area contributed by atoms with Gasteiger partial charge in [0.2, 0.25) is 5.91 Å². The predicted molar refractivity (Wildman–Crippen MR) is 132 cm³/mol. The summed E-state index contributed by atoms with van der Waals surface area (Å²) in [5.74, 6) is 0.559. The third-order valence-corrected chi connectivity index (χ3v) is 8.34. The molecule has 1 N–H and O–H groups in total. The van der Waals surface area contributed by atoms with E-state index in [4.69, 9.17) is 14.1 Å². The van der Waals surface area contributed by atoms with Crippen molar-refractivity contribution in [2.45, 2.75) is 37.4 Å². The summed E-state index contributed by atoms with van der Waals surface area (Å²) in [5, 5.41) is 6.43. The van der Waals surface area contributed by atoms with Crippen molar-refractivity contribution in [2.24, 2.45) is 0 Å². The minimum atomic E-state index is -0.210. The third-order valence-electron chi connectivity index (χ3n) is 5.42. The van der Waals surface area contributed by atoms with Crippen molar-refractivity contribution >= 4 is 55.7 Å². The number of nitrogens with zero attached hydrogens (tertiary/aromatic N) is 3. The second kappa shape index (κ2) is 9.80. The molecule has 1 amide bonds. The number of hydrogen-bond donors (Lipinski definition) is 1. The molecule has 0 saturated carbocycles. The highest BCUT2D eigenvalue weighted by molar-refractivity contribution is 7.99. The number of thioether (sulfide) groups is 1. The van der Waals surface area contributed by atoms with Gasteiger partial charge in [0, 0.05) is 17.4 Å². The van der Waals surface area contributed by atoms with Crippen LogP contribution in [0, 0.1) is 0 Å². The number of carbonyl (C=O) groups excluding carboxylic acids is 1. The molecule has 172 valence electrons. The van der Waals surface area contributed by atoms with Crippen molar-refractivity contribution in [3.8, 4) is 11.5 Å². The lowest BCUT2D eigenvalue weighted by Gasteiger charge is -2.13. The molecule has 0 fully saturated rings. The summed E-state index contributed by atoms with van der Waals surface area (Å²) in [6, 6.07) is 3.61. The second-order valence-electron chi connectivity index (χ2n) is 7.59. The zero-order valence-corrected chi connectivity index (χ0v) is 20.4. The molecule has 0 spiro atoms. The number of hydrogen-bond acceptors (Lipinski definition) is 9. The van der Waals surface area contributed by atoms with Gasteiger partial charge in [-0.05, 0) is 43.4 Å². The maximum Gasteiger partial charge on any atom is 0.263 e. The van der Waals surface area contributed by atoms with Gasteiger partial charge >= 0.3 is 0 Å². The number of methoxy groups -OCH3 is 1. The van der Waals surface area contributed by atoms with Crippen LogP contribution in [0.5, 0.6) is 0 Å². The number of thiazole rings is 1. The average Bonchev–Trinajstić information content (AvgIpc) is 3.56. The molecule has 11 heteroatoms. The maximum absolute atomic E-state index is 13.4. The van der Waals surface area contributed by atoms with Crippen molar-refractivity contribution < 1.29 is 13.9 Å². The first kappa shape index (κ1) is 22.3. The summed E-state index contributed by atoms with van der Waals surface area (Å²) in [6.45, 7) is 0.791. The number of aromatic nitrogens is 3. The van der Waals surface area contributed by atoms with Gasteiger partial charge in [-0.3, -0.25) is 14.2 Å². The van der Waals surface area contributed by atoms with E-state index in [1.165, 1.54) is 28.0 Å². The molecule has 33 heavy (non-hydrogen) atoms. The summed E-state index contributed by atoms with van der Waals surface area (Å²) in [5.41, 5.74) is 1.80. The third kappa shape index (κ3) is 4.63. The number of fused-ring (bicyclic) bond motifs is 3. The van der Waals surface area contributed by atoms with Gasteiger partial charge in [0.25, 0.3) is 5.56 Å². The Bertz CT molecular complexity index is 1340. The maximum atomic E-state index is 13.4. The van der Waals surface area contributed by atoms with Crippen LogP contribution in [0.3, 0.4) is 0 Å². The standard InChI is InChI=1S/C22H22N4O4S3/c1-29-10-8-26-20(28)18-13-5-2-3-7-16(13)33-19(18)25-22(26)32-12-17(27)24-21-23-14(11-31-21)15-6-4-9-30-15/h4,6,9,11H,2-3,5,7-8,10,12H2,1H3,(H,23,24,27). The Morgan fingerprint density at radius 2 is 2.21 bits per heavy atom. The van der Waals surface area contributed by atoms with E-state index < -0.39 is 0 Å². The summed E-state index contributed by atoms with van der Waals surface area (Å²) < 4.78 is 12.2. The van der Waals surface area contributed by atoms with Gasteiger partial charge < -0.3 is 14.5 Å². The van der Waals surface area contributed by atoms with Gasteiger partial charge in [-0.2, -0.15) is 0 Å². The quantitative estimate of drug-likeness (QED) is 0.281. The van der Waals surface area contributed by atoms with E-state index in [-0.39, 0.29) is 17.2 Å². The van der Waals surface area contributed by atoms with Gasteiger partial charge in [0.1, 0.15) is 10.5 Å². The zero-order valence-electron chi connectivity index (χ0n) is 18.0. The lowest BCUT2D eigenvalue weighted by molar-refractivity contribution is -0.113. The average molecular weight is 503 g/mol. The normalized spacial score (nSPS) is 13.4. The Morgan fingerprint density at radius 3 is 3.03 bits per heavy atom. The molecular formula is C22H22N4O4S3. The molecule has 4 aromatic rings. The number of carbonyl (C=O) groups is 1. The molecule has 1 aliphatic rings. The molecule has 8 nitrogen and oxygen atoms in total. The minimum absolute atomic E-state index is 0.0395. The van der Waals surface area contributed by atoms with Gasteiger partial charge in [-0.15, -0.1) is 22.7 Å². The number of amides is 1. The monoisotopic (exact) mass is 502 g/mol. The first-order chi connectivity index (χ1) is 16.1. The molecule has 0 radical (unpaired) electrons. The molecule has 0 unspecified atom stereocenters. The van der Waals surface area contributed by atoms with Crippen molar-refractivity contribution in [3.63, 3.8) is 0 Å². The van der Waals surface area contributed by atoms with Crippen LogP contribution in [0.25, 0.3) is 21.7 Å². The molecule has 0 saturated heterocycles. The molecular weight excluding hydrogens is 480 g/mol. The van der Waals surface area contributed by atoms with E-state index in [1.54, 1.807) is 35.3 Å². The first-order valence-electron chi connectivity index (χ1n) is 10.6. The van der Waals surface area contributed by atoms with Crippen LogP contribution in [-0.2, 0) is 28.9 Å². The molecule has 0 atom stereocenters. The van der Waals surface area contributed by atoms with E-state index in [1.807, 2.05) is 11.4 Å². The van der Waals surface area contributed by atoms with Crippen LogP contribution in [0.4, 0.5) is 5.13 Å². The van der Waals surface area contributed by atoms with Crippen molar-refractivity contribution in [1.29, 1.82) is 0 Å². The van der Waals surface area contributed by atoms with E-state index in [0.29, 0.717) is 34.9 Å². The summed E-state index contributed by atoms with van der Waals surface area (Å²) in [6.07, 6.45) is 5.77. The molecule has 5 rings (SSSR count). The van der Waals surface area contributed by atoms with E-state index in [9.17, 15) is 9.59 Å². The summed E-state index contributed by atoms with van der Waals surface area (Å²) >= 11 is 4.20. The number of anilines is 1. The highest BCUT2D eigenvalue weighted by Crippen LogP contribution is 2.34. The lowest BCUT2D eigenvalue weighted by Crippen LogP contribution is -2.26. The smallest absolute Gasteiger partial charge is 0.263 e. The first-order valence-corrected chi connectivity index (χ1v) is 13.3. The highest BCUT2D eigenvalue weighted by atomic mass is 32.2. The molecule has 4 aromatic heterocycles. The number of furan rings is 1. The van der Waals surface area contributed by atoms with Crippen molar-refractivity contribution in [1.82, 2.24) is 14.5 Å². The number of thiophene rings is 1. The Morgan fingerprint density at radius 1 is 1.33 bits per heavy atom. The van der Waals surface area contributed by atoms with Crippen LogP contribution in [0.15, 0.2) is 38.1 Å². The second-order valence-corrected chi connectivity index (χ2v) is 10.5. The van der Waals surface area contributed by atoms with Gasteiger partial charge in [-0.1, -0.05) is 11.8 Å². The van der Waals surface area contributed by atoms with Crippen molar-refractivity contribution in [3.05, 3.63) is 44.6 Å². The fraction of sp³-hybridized carbons (Fsp3) is 0.364. The van der Waals surface area contributed by atoms with Crippen LogP contribution in [-0.4, -0.2) is 39.9 Å². The van der Waals surface area contributed by atoms with Gasteiger partial charge in [-0.25, -0.2) is 9.97 Å². The Labute approximate surface area is 202 Å². The van der Waals surface area contributed by atoms with Crippen molar-refractivity contribution in [2.75, 3.05) is 24.8 Å².